The number of imide groups is 1. The van der Waals surface area contributed by atoms with Crippen LogP contribution in [0.15, 0.2) is 29.2 Å². The number of thioether (sulfide) groups is 1. The van der Waals surface area contributed by atoms with E-state index < -0.39 is 23.7 Å². The smallest absolute Gasteiger partial charge is 0.326 e. The third-order valence-corrected chi connectivity index (χ3v) is 6.11. The summed E-state index contributed by atoms with van der Waals surface area (Å²) in [6.45, 7) is 5.25. The van der Waals surface area contributed by atoms with E-state index in [0.29, 0.717) is 10.0 Å². The first-order valence-electron chi connectivity index (χ1n) is 8.79. The van der Waals surface area contributed by atoms with Gasteiger partial charge in [-0.1, -0.05) is 29.3 Å². The average Bonchev–Trinajstić information content (AvgIpc) is 3.08. The molecule has 1 fully saturated rings. The van der Waals surface area contributed by atoms with Crippen LogP contribution in [0, 0.1) is 13.8 Å². The van der Waals surface area contributed by atoms with Gasteiger partial charge in [-0.2, -0.15) is 0 Å². The number of benzene rings is 1. The summed E-state index contributed by atoms with van der Waals surface area (Å²) < 4.78 is 6.76. The number of aromatic nitrogens is 1. The number of hydrogen-bond donors (Lipinski definition) is 0. The van der Waals surface area contributed by atoms with Gasteiger partial charge in [0, 0.05) is 11.4 Å². The highest BCUT2D eigenvalue weighted by molar-refractivity contribution is 8.18. The molecule has 0 unspecified atom stereocenters. The van der Waals surface area contributed by atoms with Crippen LogP contribution < -0.4 is 0 Å². The van der Waals surface area contributed by atoms with E-state index >= 15 is 0 Å². The first-order valence-corrected chi connectivity index (χ1v) is 10.4. The topological polar surface area (TPSA) is 68.6 Å². The average molecular weight is 453 g/mol. The van der Waals surface area contributed by atoms with E-state index in [9.17, 15) is 14.4 Å². The van der Waals surface area contributed by atoms with E-state index in [-0.39, 0.29) is 11.5 Å². The van der Waals surface area contributed by atoms with Gasteiger partial charge in [-0.3, -0.25) is 19.3 Å². The minimum Gasteiger partial charge on any atom is -0.465 e. The summed E-state index contributed by atoms with van der Waals surface area (Å²) in [6, 6.07) is 7.27. The largest absolute Gasteiger partial charge is 0.465 e. The zero-order chi connectivity index (χ0) is 21.3. The summed E-state index contributed by atoms with van der Waals surface area (Å²) in [6.07, 6.45) is 1.65. The van der Waals surface area contributed by atoms with Gasteiger partial charge in [0.25, 0.3) is 11.1 Å². The normalized spacial score (nSPS) is 15.5. The molecule has 1 aromatic carbocycles. The van der Waals surface area contributed by atoms with Crippen LogP contribution in [0.1, 0.15) is 23.9 Å². The number of halogens is 2. The van der Waals surface area contributed by atoms with Gasteiger partial charge < -0.3 is 9.30 Å². The van der Waals surface area contributed by atoms with Crippen molar-refractivity contribution in [2.24, 2.45) is 0 Å². The van der Waals surface area contributed by atoms with Gasteiger partial charge in [0.2, 0.25) is 0 Å². The monoisotopic (exact) mass is 452 g/mol. The molecule has 1 aliphatic rings. The maximum Gasteiger partial charge on any atom is 0.326 e. The number of carbonyl (C=O) groups is 3. The fraction of sp³-hybridized carbons (Fsp3) is 0.250. The summed E-state index contributed by atoms with van der Waals surface area (Å²) in [5, 5.41) is 0.372. The SMILES string of the molecule is CCOC(=O)CN1C(=O)SC(=Cc2cc(C)n(-c3cccc(Cl)c3Cl)c2C)C1=O. The van der Waals surface area contributed by atoms with E-state index in [1.54, 1.807) is 19.1 Å². The Hall–Kier alpha value is -2.22. The van der Waals surface area contributed by atoms with Gasteiger partial charge in [0.15, 0.2) is 0 Å². The molecule has 0 spiro atoms. The van der Waals surface area contributed by atoms with Crippen molar-refractivity contribution >= 4 is 58.2 Å². The Bertz CT molecular complexity index is 1050. The third kappa shape index (κ3) is 4.22. The number of nitrogens with zero attached hydrogens (tertiary/aromatic N) is 2. The number of carbonyl (C=O) groups excluding carboxylic acids is 3. The molecule has 29 heavy (non-hydrogen) atoms. The molecule has 0 aliphatic carbocycles. The summed E-state index contributed by atoms with van der Waals surface area (Å²) >= 11 is 13.3. The van der Waals surface area contributed by atoms with Gasteiger partial charge >= 0.3 is 5.97 Å². The fourth-order valence-corrected chi connectivity index (χ4v) is 4.29. The molecule has 0 atom stereocenters. The molecule has 1 aliphatic heterocycles. The van der Waals surface area contributed by atoms with Crippen molar-refractivity contribution in [3.63, 3.8) is 0 Å². The highest BCUT2D eigenvalue weighted by Gasteiger charge is 2.36. The Labute approximate surface area is 182 Å². The first kappa shape index (κ1) is 21.5. The lowest BCUT2D eigenvalue weighted by molar-refractivity contribution is -0.145. The first-order chi connectivity index (χ1) is 13.7. The lowest BCUT2D eigenvalue weighted by Crippen LogP contribution is -2.34. The van der Waals surface area contributed by atoms with E-state index in [4.69, 9.17) is 27.9 Å². The number of hydrogen-bond acceptors (Lipinski definition) is 5. The fourth-order valence-electron chi connectivity index (χ4n) is 3.08. The van der Waals surface area contributed by atoms with Crippen molar-refractivity contribution < 1.29 is 19.1 Å². The van der Waals surface area contributed by atoms with Gasteiger partial charge in [0.1, 0.15) is 6.54 Å². The van der Waals surface area contributed by atoms with Gasteiger partial charge in [-0.25, -0.2) is 0 Å². The van der Waals surface area contributed by atoms with E-state index in [0.717, 1.165) is 39.3 Å². The molecule has 0 N–H and O–H groups in total. The van der Waals surface area contributed by atoms with Crippen molar-refractivity contribution in [2.45, 2.75) is 20.8 Å². The van der Waals surface area contributed by atoms with Crippen LogP contribution in [0.4, 0.5) is 4.79 Å². The van der Waals surface area contributed by atoms with Crippen LogP contribution in [0.3, 0.4) is 0 Å². The molecular weight excluding hydrogens is 435 g/mol. The number of ether oxygens (including phenoxy) is 1. The molecule has 9 heteroatoms. The lowest BCUT2D eigenvalue weighted by atomic mass is 10.2. The second-order valence-corrected chi connectivity index (χ2v) is 8.09. The molecular formula is C20H18Cl2N2O4S. The molecule has 3 rings (SSSR count). The zero-order valence-electron chi connectivity index (χ0n) is 16.0. The summed E-state index contributed by atoms with van der Waals surface area (Å²) in [5.41, 5.74) is 3.22. The van der Waals surface area contributed by atoms with Crippen LogP contribution in [0.25, 0.3) is 11.8 Å². The highest BCUT2D eigenvalue weighted by Crippen LogP contribution is 2.35. The third-order valence-electron chi connectivity index (χ3n) is 4.40. The molecule has 0 bridgehead atoms. The van der Waals surface area contributed by atoms with E-state index in [1.165, 1.54) is 0 Å². The summed E-state index contributed by atoms with van der Waals surface area (Å²) in [7, 11) is 0. The van der Waals surface area contributed by atoms with Crippen LogP contribution in [-0.2, 0) is 14.3 Å². The minimum absolute atomic E-state index is 0.183. The molecule has 2 amide bonds. The maximum atomic E-state index is 12.6. The van der Waals surface area contributed by atoms with Crippen molar-refractivity contribution in [2.75, 3.05) is 13.2 Å². The maximum absolute atomic E-state index is 12.6. The molecule has 0 radical (unpaired) electrons. The Morgan fingerprint density at radius 3 is 2.66 bits per heavy atom. The van der Waals surface area contributed by atoms with Gasteiger partial charge in [0.05, 0.1) is 27.2 Å². The van der Waals surface area contributed by atoms with Crippen LogP contribution in [0.5, 0.6) is 0 Å². The van der Waals surface area contributed by atoms with Gasteiger partial charge in [-0.05, 0) is 62.4 Å². The lowest BCUT2D eigenvalue weighted by Gasteiger charge is -2.12. The minimum atomic E-state index is -0.621. The van der Waals surface area contributed by atoms with Gasteiger partial charge in [-0.15, -0.1) is 0 Å². The standard InChI is InChI=1S/C20H18Cl2N2O4S/c1-4-28-17(25)10-23-19(26)16(29-20(23)27)9-13-8-11(2)24(12(13)3)15-7-5-6-14(21)18(15)22/h5-9H,4,10H2,1-3H3. The number of aryl methyl sites for hydroxylation is 1. The van der Waals surface area contributed by atoms with E-state index in [2.05, 4.69) is 0 Å². The second-order valence-electron chi connectivity index (χ2n) is 6.31. The summed E-state index contributed by atoms with van der Waals surface area (Å²) in [4.78, 5) is 37.5. The molecule has 1 aromatic heterocycles. The second kappa shape index (κ2) is 8.65. The van der Waals surface area contributed by atoms with E-state index in [1.807, 2.05) is 36.6 Å². The zero-order valence-corrected chi connectivity index (χ0v) is 18.3. The predicted molar refractivity (Wildman–Crippen MR) is 115 cm³/mol. The van der Waals surface area contributed by atoms with Crippen molar-refractivity contribution in [3.8, 4) is 5.69 Å². The quantitative estimate of drug-likeness (QED) is 0.471. The van der Waals surface area contributed by atoms with Crippen molar-refractivity contribution in [1.82, 2.24) is 9.47 Å². The number of rotatable bonds is 5. The van der Waals surface area contributed by atoms with Crippen LogP contribution in [0.2, 0.25) is 10.0 Å². The van der Waals surface area contributed by atoms with Crippen LogP contribution >= 0.6 is 35.0 Å². The molecule has 152 valence electrons. The van der Waals surface area contributed by atoms with Crippen molar-refractivity contribution in [1.29, 1.82) is 0 Å². The van der Waals surface area contributed by atoms with Crippen LogP contribution in [-0.4, -0.2) is 39.7 Å². The van der Waals surface area contributed by atoms with Crippen molar-refractivity contribution in [3.05, 3.63) is 56.2 Å². The molecule has 0 saturated carbocycles. The Balaban J connectivity index is 1.94. The summed E-state index contributed by atoms with van der Waals surface area (Å²) in [5.74, 6) is -1.14. The highest BCUT2D eigenvalue weighted by atomic mass is 35.5. The Morgan fingerprint density at radius 1 is 1.24 bits per heavy atom. The molecule has 6 nitrogen and oxygen atoms in total. The Morgan fingerprint density at radius 2 is 1.97 bits per heavy atom. The Kier molecular flexibility index (Phi) is 6.41. The molecule has 2 heterocycles. The number of esters is 1. The number of amides is 2. The molecule has 1 saturated heterocycles. The predicted octanol–water partition coefficient (Wildman–Crippen LogP) is 5.00. The molecule has 2 aromatic rings.